The minimum absolute atomic E-state index is 0.0572. The summed E-state index contributed by atoms with van der Waals surface area (Å²) in [6.45, 7) is 6.05. The number of anilines is 1. The SMILES string of the molecule is C[C@H]1CC(C)(C)N(CC(=O)O)c2ccc(F)cc21. The third-order valence-corrected chi connectivity index (χ3v) is 3.64. The van der Waals surface area contributed by atoms with Gasteiger partial charge in [0.05, 0.1) is 0 Å². The van der Waals surface area contributed by atoms with Crippen LogP contribution in [0.1, 0.15) is 38.7 Å². The highest BCUT2D eigenvalue weighted by Gasteiger charge is 2.37. The van der Waals surface area contributed by atoms with E-state index in [9.17, 15) is 9.18 Å². The summed E-state index contributed by atoms with van der Waals surface area (Å²) >= 11 is 0. The van der Waals surface area contributed by atoms with Gasteiger partial charge >= 0.3 is 5.97 Å². The van der Waals surface area contributed by atoms with Gasteiger partial charge in [-0.25, -0.2) is 4.39 Å². The lowest BCUT2D eigenvalue weighted by molar-refractivity contribution is -0.135. The van der Waals surface area contributed by atoms with Crippen molar-refractivity contribution in [3.8, 4) is 0 Å². The van der Waals surface area contributed by atoms with Gasteiger partial charge in [0.1, 0.15) is 12.4 Å². The summed E-state index contributed by atoms with van der Waals surface area (Å²) in [5.41, 5.74) is 1.50. The number of halogens is 1. The van der Waals surface area contributed by atoms with Gasteiger partial charge in [0.25, 0.3) is 0 Å². The summed E-state index contributed by atoms with van der Waals surface area (Å²) in [5.74, 6) is -0.903. The Morgan fingerprint density at radius 1 is 1.56 bits per heavy atom. The largest absolute Gasteiger partial charge is 0.480 e. The van der Waals surface area contributed by atoms with Crippen molar-refractivity contribution < 1.29 is 14.3 Å². The number of benzene rings is 1. The molecule has 3 nitrogen and oxygen atoms in total. The fourth-order valence-corrected chi connectivity index (χ4v) is 2.90. The molecule has 0 aliphatic carbocycles. The molecule has 1 aliphatic heterocycles. The zero-order chi connectivity index (χ0) is 13.5. The third kappa shape index (κ3) is 2.19. The van der Waals surface area contributed by atoms with E-state index in [1.165, 1.54) is 12.1 Å². The van der Waals surface area contributed by atoms with E-state index in [1.807, 2.05) is 18.7 Å². The summed E-state index contributed by atoms with van der Waals surface area (Å²) in [6, 6.07) is 4.59. The molecule has 2 rings (SSSR count). The molecule has 0 saturated heterocycles. The van der Waals surface area contributed by atoms with E-state index >= 15 is 0 Å². The average Bonchev–Trinajstić information content (AvgIpc) is 2.23. The smallest absolute Gasteiger partial charge is 0.323 e. The lowest BCUT2D eigenvalue weighted by atomic mass is 9.80. The Hall–Kier alpha value is -1.58. The standard InChI is InChI=1S/C14H18FNO2/c1-9-7-14(2,3)16(8-13(17)18)12-5-4-10(15)6-11(9)12/h4-6,9H,7-8H2,1-3H3,(H,17,18)/t9-/m0/s1. The van der Waals surface area contributed by atoms with Crippen LogP contribution < -0.4 is 4.90 Å². The number of carboxylic acid groups (broad SMARTS) is 1. The van der Waals surface area contributed by atoms with Crippen LogP contribution in [0.25, 0.3) is 0 Å². The van der Waals surface area contributed by atoms with Crippen LogP contribution in [0.15, 0.2) is 18.2 Å². The summed E-state index contributed by atoms with van der Waals surface area (Å²) in [4.78, 5) is 12.8. The Kier molecular flexibility index (Phi) is 3.05. The van der Waals surface area contributed by atoms with Gasteiger partial charge in [-0.05, 0) is 49.9 Å². The number of hydrogen-bond donors (Lipinski definition) is 1. The first-order valence-electron chi connectivity index (χ1n) is 6.10. The van der Waals surface area contributed by atoms with Crippen molar-refractivity contribution in [3.05, 3.63) is 29.6 Å². The molecule has 0 unspecified atom stereocenters. The van der Waals surface area contributed by atoms with E-state index in [4.69, 9.17) is 5.11 Å². The highest BCUT2D eigenvalue weighted by atomic mass is 19.1. The van der Waals surface area contributed by atoms with Crippen LogP contribution in [0.4, 0.5) is 10.1 Å². The lowest BCUT2D eigenvalue weighted by Gasteiger charge is -2.46. The van der Waals surface area contributed by atoms with Crippen LogP contribution in [0.2, 0.25) is 0 Å². The Bertz CT molecular complexity index is 485. The highest BCUT2D eigenvalue weighted by Crippen LogP contribution is 2.43. The van der Waals surface area contributed by atoms with Gasteiger partial charge in [-0.15, -0.1) is 0 Å². The van der Waals surface area contributed by atoms with E-state index < -0.39 is 5.97 Å². The monoisotopic (exact) mass is 251 g/mol. The van der Waals surface area contributed by atoms with Crippen molar-refractivity contribution in [2.45, 2.75) is 38.6 Å². The van der Waals surface area contributed by atoms with Crippen molar-refractivity contribution in [3.63, 3.8) is 0 Å². The van der Waals surface area contributed by atoms with Crippen LogP contribution >= 0.6 is 0 Å². The molecule has 98 valence electrons. The molecule has 4 heteroatoms. The molecule has 1 aromatic carbocycles. The first kappa shape index (κ1) is 12.9. The predicted molar refractivity (Wildman–Crippen MR) is 68.5 cm³/mol. The van der Waals surface area contributed by atoms with Crippen LogP contribution in [0, 0.1) is 5.82 Å². The molecule has 0 saturated carbocycles. The summed E-state index contributed by atoms with van der Waals surface area (Å²) in [5, 5.41) is 9.03. The number of carbonyl (C=O) groups is 1. The van der Waals surface area contributed by atoms with E-state index in [1.54, 1.807) is 6.07 Å². The van der Waals surface area contributed by atoms with Gasteiger partial charge < -0.3 is 10.0 Å². The van der Waals surface area contributed by atoms with Gasteiger partial charge in [-0.3, -0.25) is 4.79 Å². The first-order chi connectivity index (χ1) is 8.31. The van der Waals surface area contributed by atoms with E-state index in [0.29, 0.717) is 0 Å². The summed E-state index contributed by atoms with van der Waals surface area (Å²) < 4.78 is 13.3. The first-order valence-corrected chi connectivity index (χ1v) is 6.10. The minimum Gasteiger partial charge on any atom is -0.480 e. The number of rotatable bonds is 2. The van der Waals surface area contributed by atoms with E-state index in [2.05, 4.69) is 6.92 Å². The number of carboxylic acids is 1. The number of nitrogens with zero attached hydrogens (tertiary/aromatic N) is 1. The van der Waals surface area contributed by atoms with Crippen LogP contribution in [-0.2, 0) is 4.79 Å². The molecular formula is C14H18FNO2. The molecule has 0 amide bonds. The Morgan fingerprint density at radius 3 is 2.83 bits per heavy atom. The van der Waals surface area contributed by atoms with Gasteiger partial charge in [-0.1, -0.05) is 6.92 Å². The zero-order valence-corrected chi connectivity index (χ0v) is 10.9. The van der Waals surface area contributed by atoms with Gasteiger partial charge in [0.15, 0.2) is 0 Å². The van der Waals surface area contributed by atoms with Crippen LogP contribution in [0.3, 0.4) is 0 Å². The molecule has 0 radical (unpaired) electrons. The van der Waals surface area contributed by atoms with Crippen molar-refractivity contribution in [2.75, 3.05) is 11.4 Å². The fraction of sp³-hybridized carbons (Fsp3) is 0.500. The Morgan fingerprint density at radius 2 is 2.22 bits per heavy atom. The molecule has 1 aromatic rings. The molecular weight excluding hydrogens is 233 g/mol. The molecule has 0 spiro atoms. The summed E-state index contributed by atoms with van der Waals surface area (Å²) in [7, 11) is 0. The van der Waals surface area contributed by atoms with Gasteiger partial charge in [-0.2, -0.15) is 0 Å². The summed E-state index contributed by atoms with van der Waals surface area (Å²) in [6.07, 6.45) is 0.816. The maximum Gasteiger partial charge on any atom is 0.323 e. The second-order valence-electron chi connectivity index (χ2n) is 5.60. The van der Waals surface area contributed by atoms with Gasteiger partial charge in [0, 0.05) is 11.2 Å². The van der Waals surface area contributed by atoms with Crippen molar-refractivity contribution in [1.82, 2.24) is 0 Å². The van der Waals surface area contributed by atoms with Crippen LogP contribution in [0.5, 0.6) is 0 Å². The fourth-order valence-electron chi connectivity index (χ4n) is 2.90. The average molecular weight is 251 g/mol. The lowest BCUT2D eigenvalue weighted by Crippen LogP contribution is -2.50. The van der Waals surface area contributed by atoms with E-state index in [-0.39, 0.29) is 23.8 Å². The molecule has 0 aromatic heterocycles. The van der Waals surface area contributed by atoms with Gasteiger partial charge in [0.2, 0.25) is 0 Å². The minimum atomic E-state index is -0.868. The topological polar surface area (TPSA) is 40.5 Å². The Balaban J connectivity index is 2.51. The molecule has 1 N–H and O–H groups in total. The zero-order valence-electron chi connectivity index (χ0n) is 10.9. The molecule has 1 heterocycles. The van der Waals surface area contributed by atoms with Crippen molar-refractivity contribution >= 4 is 11.7 Å². The second-order valence-corrected chi connectivity index (χ2v) is 5.60. The molecule has 1 atom stereocenters. The van der Waals surface area contributed by atoms with Crippen LogP contribution in [-0.4, -0.2) is 23.2 Å². The third-order valence-electron chi connectivity index (χ3n) is 3.64. The second kappa shape index (κ2) is 4.26. The maximum absolute atomic E-state index is 13.3. The molecule has 0 fully saturated rings. The predicted octanol–water partition coefficient (Wildman–Crippen LogP) is 3.00. The molecule has 1 aliphatic rings. The highest BCUT2D eigenvalue weighted by molar-refractivity contribution is 5.76. The van der Waals surface area contributed by atoms with E-state index in [0.717, 1.165) is 17.7 Å². The quantitative estimate of drug-likeness (QED) is 0.878. The normalized spacial score (nSPS) is 21.6. The molecule has 18 heavy (non-hydrogen) atoms. The Labute approximate surface area is 106 Å². The number of hydrogen-bond acceptors (Lipinski definition) is 2. The molecule has 0 bridgehead atoms. The maximum atomic E-state index is 13.3. The number of fused-ring (bicyclic) bond motifs is 1. The van der Waals surface area contributed by atoms with Crippen molar-refractivity contribution in [1.29, 1.82) is 0 Å². The number of aliphatic carboxylic acids is 1. The van der Waals surface area contributed by atoms with Crippen molar-refractivity contribution in [2.24, 2.45) is 0 Å².